The lowest BCUT2D eigenvalue weighted by atomic mass is 9.81. The van der Waals surface area contributed by atoms with E-state index in [0.717, 1.165) is 45.1 Å². The van der Waals surface area contributed by atoms with E-state index in [1.807, 2.05) is 9.80 Å². The summed E-state index contributed by atoms with van der Waals surface area (Å²) in [4.78, 5) is 57.8. The highest BCUT2D eigenvalue weighted by atomic mass is 16.2. The normalized spacial score (nSPS) is 30.0. The second kappa shape index (κ2) is 9.67. The van der Waals surface area contributed by atoms with E-state index < -0.39 is 0 Å². The second-order valence-corrected chi connectivity index (χ2v) is 9.66. The molecule has 172 valence electrons. The Morgan fingerprint density at radius 2 is 1.42 bits per heavy atom. The summed E-state index contributed by atoms with van der Waals surface area (Å²) in [6, 6.07) is 0.323. The number of hydrogen-bond donors (Lipinski definition) is 0. The summed E-state index contributed by atoms with van der Waals surface area (Å²) >= 11 is 0. The highest BCUT2D eigenvalue weighted by Gasteiger charge is 2.47. The molecular weight excluding hydrogens is 396 g/mol. The lowest BCUT2D eigenvalue weighted by molar-refractivity contribution is -0.141. The van der Waals surface area contributed by atoms with E-state index in [-0.39, 0.29) is 48.4 Å². The van der Waals surface area contributed by atoms with E-state index in [1.165, 1.54) is 11.3 Å². The molecule has 4 fully saturated rings. The molecule has 0 bridgehead atoms. The van der Waals surface area contributed by atoms with Gasteiger partial charge in [-0.2, -0.15) is 0 Å². The molecule has 4 rings (SSSR count). The first-order valence-electron chi connectivity index (χ1n) is 12.1. The van der Waals surface area contributed by atoms with Crippen LogP contribution in [0.5, 0.6) is 0 Å². The zero-order valence-electron chi connectivity index (χ0n) is 18.8. The first kappa shape index (κ1) is 22.2. The smallest absolute Gasteiger partial charge is 0.236 e. The number of hydrogen-bond acceptors (Lipinski definition) is 5. The van der Waals surface area contributed by atoms with Gasteiger partial charge in [-0.1, -0.05) is 12.8 Å². The van der Waals surface area contributed by atoms with E-state index >= 15 is 0 Å². The number of likely N-dealkylation sites (tertiary alicyclic amines) is 2. The maximum Gasteiger partial charge on any atom is 0.236 e. The molecule has 0 aromatic carbocycles. The van der Waals surface area contributed by atoms with Crippen molar-refractivity contribution in [1.82, 2.24) is 19.6 Å². The van der Waals surface area contributed by atoms with Crippen LogP contribution >= 0.6 is 0 Å². The fourth-order valence-corrected chi connectivity index (χ4v) is 5.72. The van der Waals surface area contributed by atoms with E-state index in [0.29, 0.717) is 38.8 Å². The van der Waals surface area contributed by atoms with E-state index in [4.69, 9.17) is 0 Å². The van der Waals surface area contributed by atoms with Gasteiger partial charge in [-0.15, -0.1) is 0 Å². The zero-order valence-corrected chi connectivity index (χ0v) is 18.8. The molecule has 4 aliphatic rings. The first-order valence-corrected chi connectivity index (χ1v) is 12.1. The van der Waals surface area contributed by atoms with E-state index in [2.05, 4.69) is 11.8 Å². The van der Waals surface area contributed by atoms with Gasteiger partial charge < -0.3 is 9.80 Å². The van der Waals surface area contributed by atoms with E-state index in [9.17, 15) is 19.2 Å². The van der Waals surface area contributed by atoms with Gasteiger partial charge in [-0.3, -0.25) is 29.0 Å². The minimum atomic E-state index is -0.153. The van der Waals surface area contributed by atoms with Crippen LogP contribution in [0.2, 0.25) is 0 Å². The van der Waals surface area contributed by atoms with Gasteiger partial charge in [0.2, 0.25) is 23.6 Å². The number of nitrogens with zero attached hydrogens (tertiary/aromatic N) is 4. The van der Waals surface area contributed by atoms with Gasteiger partial charge in [-0.05, 0) is 39.0 Å². The van der Waals surface area contributed by atoms with Crippen LogP contribution in [0.25, 0.3) is 0 Å². The maximum atomic E-state index is 12.7. The molecule has 0 radical (unpaired) electrons. The molecule has 3 saturated heterocycles. The summed E-state index contributed by atoms with van der Waals surface area (Å²) in [5.74, 6) is -0.263. The molecule has 31 heavy (non-hydrogen) atoms. The number of amides is 4. The molecule has 3 heterocycles. The predicted octanol–water partition coefficient (Wildman–Crippen LogP) is 1.10. The van der Waals surface area contributed by atoms with Crippen LogP contribution in [0.15, 0.2) is 0 Å². The Morgan fingerprint density at radius 1 is 0.806 bits per heavy atom. The minimum absolute atomic E-state index is 0.00824. The molecule has 3 aliphatic heterocycles. The monoisotopic (exact) mass is 432 g/mol. The van der Waals surface area contributed by atoms with Gasteiger partial charge in [0, 0.05) is 51.7 Å². The minimum Gasteiger partial charge on any atom is -0.340 e. The Balaban J connectivity index is 1.20. The van der Waals surface area contributed by atoms with Crippen molar-refractivity contribution < 1.29 is 19.2 Å². The highest BCUT2D eigenvalue weighted by Crippen LogP contribution is 2.38. The molecule has 0 aromatic heterocycles. The number of carbonyl (C=O) groups is 4. The fraction of sp³-hybridized carbons (Fsp3) is 0.826. The van der Waals surface area contributed by atoms with Crippen molar-refractivity contribution in [1.29, 1.82) is 0 Å². The van der Waals surface area contributed by atoms with E-state index in [1.54, 1.807) is 0 Å². The Hall–Kier alpha value is -1.96. The van der Waals surface area contributed by atoms with Gasteiger partial charge in [0.1, 0.15) is 0 Å². The Kier molecular flexibility index (Phi) is 6.94. The van der Waals surface area contributed by atoms with Crippen molar-refractivity contribution in [3.63, 3.8) is 0 Å². The van der Waals surface area contributed by atoms with Gasteiger partial charge in [0.25, 0.3) is 0 Å². The number of imide groups is 1. The largest absolute Gasteiger partial charge is 0.340 e. The molecule has 8 nitrogen and oxygen atoms in total. The van der Waals surface area contributed by atoms with Gasteiger partial charge >= 0.3 is 0 Å². The molecule has 3 atom stereocenters. The average Bonchev–Trinajstić information content (AvgIpc) is 3.03. The summed E-state index contributed by atoms with van der Waals surface area (Å²) in [6.07, 6.45) is 7.18. The molecule has 0 spiro atoms. The summed E-state index contributed by atoms with van der Waals surface area (Å²) in [5.41, 5.74) is 0. The molecule has 0 N–H and O–H groups in total. The molecule has 3 unspecified atom stereocenters. The molecule has 8 heteroatoms. The van der Waals surface area contributed by atoms with Gasteiger partial charge in [0.15, 0.2) is 0 Å². The van der Waals surface area contributed by atoms with Crippen LogP contribution in [0, 0.1) is 11.8 Å². The fourth-order valence-electron chi connectivity index (χ4n) is 5.72. The quantitative estimate of drug-likeness (QED) is 0.608. The third kappa shape index (κ3) is 4.78. The van der Waals surface area contributed by atoms with Crippen LogP contribution in [0.1, 0.15) is 58.3 Å². The summed E-state index contributed by atoms with van der Waals surface area (Å²) in [7, 11) is 0. The van der Waals surface area contributed by atoms with Crippen molar-refractivity contribution in [3.8, 4) is 0 Å². The highest BCUT2D eigenvalue weighted by molar-refractivity contribution is 6.05. The maximum absolute atomic E-state index is 12.7. The SMILES string of the molecule is CC1CCCCN1C(=O)CN1CCN(C(=O)CCN2C(=O)C3CCCCC3C2=O)CC1. The average molecular weight is 433 g/mol. The van der Waals surface area contributed by atoms with Crippen LogP contribution in [-0.2, 0) is 19.2 Å². The first-order chi connectivity index (χ1) is 15.0. The molecule has 4 amide bonds. The van der Waals surface area contributed by atoms with Gasteiger partial charge in [0.05, 0.1) is 18.4 Å². The number of carbonyl (C=O) groups excluding carboxylic acids is 4. The molecule has 1 saturated carbocycles. The molecule has 1 aliphatic carbocycles. The summed E-state index contributed by atoms with van der Waals surface area (Å²) in [6.45, 7) is 6.16. The van der Waals surface area contributed by atoms with Crippen LogP contribution in [0.3, 0.4) is 0 Å². The number of piperazine rings is 1. The second-order valence-electron chi connectivity index (χ2n) is 9.66. The lowest BCUT2D eigenvalue weighted by Crippen LogP contribution is -2.53. The van der Waals surface area contributed by atoms with Crippen molar-refractivity contribution >= 4 is 23.6 Å². The number of fused-ring (bicyclic) bond motifs is 1. The van der Waals surface area contributed by atoms with Gasteiger partial charge in [-0.25, -0.2) is 0 Å². The predicted molar refractivity (Wildman–Crippen MR) is 115 cm³/mol. The van der Waals surface area contributed by atoms with Crippen molar-refractivity contribution in [2.45, 2.75) is 64.3 Å². The van der Waals surface area contributed by atoms with Crippen LogP contribution < -0.4 is 0 Å². The number of piperidine rings is 1. The van der Waals surface area contributed by atoms with Crippen molar-refractivity contribution in [3.05, 3.63) is 0 Å². The Bertz CT molecular complexity index is 694. The third-order valence-corrected chi connectivity index (χ3v) is 7.69. The number of rotatable bonds is 5. The van der Waals surface area contributed by atoms with Crippen molar-refractivity contribution in [2.24, 2.45) is 11.8 Å². The summed E-state index contributed by atoms with van der Waals surface area (Å²) < 4.78 is 0. The Labute approximate surface area is 184 Å². The topological polar surface area (TPSA) is 81.2 Å². The van der Waals surface area contributed by atoms with Crippen molar-refractivity contribution in [2.75, 3.05) is 45.8 Å². The standard InChI is InChI=1S/C23H36N4O4/c1-17-6-4-5-10-26(17)21(29)16-24-12-14-25(15-13-24)20(28)9-11-27-22(30)18-7-2-3-8-19(18)23(27)31/h17-19H,2-16H2,1H3. The summed E-state index contributed by atoms with van der Waals surface area (Å²) in [5, 5.41) is 0. The molecule has 0 aromatic rings. The van der Waals surface area contributed by atoms with Crippen LogP contribution in [0.4, 0.5) is 0 Å². The third-order valence-electron chi connectivity index (χ3n) is 7.69. The van der Waals surface area contributed by atoms with Crippen LogP contribution in [-0.4, -0.2) is 95.1 Å². The Morgan fingerprint density at radius 3 is 2.03 bits per heavy atom. The molecular formula is C23H36N4O4. The lowest BCUT2D eigenvalue weighted by Gasteiger charge is -2.38. The zero-order chi connectivity index (χ0) is 22.0.